The Balaban J connectivity index is 1.55. The first kappa shape index (κ1) is 30.7. The van der Waals surface area contributed by atoms with E-state index in [0.29, 0.717) is 39.7 Å². The zero-order valence-electron chi connectivity index (χ0n) is 23.7. The van der Waals surface area contributed by atoms with Gasteiger partial charge in [0.1, 0.15) is 0 Å². The lowest BCUT2D eigenvalue weighted by atomic mass is 9.92. The van der Waals surface area contributed by atoms with Gasteiger partial charge in [0.15, 0.2) is 0 Å². The highest BCUT2D eigenvalue weighted by Crippen LogP contribution is 2.33. The highest BCUT2D eigenvalue weighted by atomic mass is 79.9. The summed E-state index contributed by atoms with van der Waals surface area (Å²) in [6.45, 7) is 3.26. The van der Waals surface area contributed by atoms with Crippen molar-refractivity contribution in [3.8, 4) is 0 Å². The zero-order valence-corrected chi connectivity index (χ0v) is 26.0. The van der Waals surface area contributed by atoms with Gasteiger partial charge in [0.05, 0.1) is 23.4 Å². The molecule has 1 aliphatic rings. The Bertz CT molecular complexity index is 1630. The number of likely N-dealkylation sites (tertiary alicyclic amines) is 1. The number of carbonyl (C=O) groups excluding carboxylic acids is 1. The van der Waals surface area contributed by atoms with Crippen molar-refractivity contribution >= 4 is 50.8 Å². The summed E-state index contributed by atoms with van der Waals surface area (Å²) in [7, 11) is 0. The quantitative estimate of drug-likeness (QED) is 0.157. The molecule has 0 bridgehead atoms. The van der Waals surface area contributed by atoms with Gasteiger partial charge >= 0.3 is 0 Å². The molecule has 0 aliphatic carbocycles. The molecule has 8 heteroatoms. The lowest BCUT2D eigenvalue weighted by Gasteiger charge is -2.29. The van der Waals surface area contributed by atoms with E-state index in [1.165, 1.54) is 0 Å². The summed E-state index contributed by atoms with van der Waals surface area (Å²) in [5.74, 6) is -2.16. The Morgan fingerprint density at radius 2 is 1.65 bits per heavy atom. The standard InChI is InChI=1S/C35H33BrClN3O3/c1-23(28-21-26(36)18-19-29(28)37)32(35(42)43)39-33(25-13-6-3-7-14-25)27-15-8-9-16-30(27)38-34(41)31-17-10-20-40(31)22-24-11-4-2-5-12-24/h2-9,11-16,18-19,21,23,31-32H,10,17,20,22H2,1H3,(H,38,41)(H,42,43)/p-2/t23?,31-,32-/m0/s1. The number of para-hydroxylation sites is 1. The minimum atomic E-state index is -1.33. The van der Waals surface area contributed by atoms with Crippen molar-refractivity contribution in [1.29, 1.82) is 0 Å². The molecule has 0 aromatic heterocycles. The topological polar surface area (TPSA) is 91.2 Å². The van der Waals surface area contributed by atoms with E-state index >= 15 is 0 Å². The summed E-state index contributed by atoms with van der Waals surface area (Å²) < 4.78 is 0.777. The number of carbonyl (C=O) groups is 1. The van der Waals surface area contributed by atoms with Gasteiger partial charge in [-0.15, -0.1) is 0 Å². The Morgan fingerprint density at radius 1 is 0.977 bits per heavy atom. The molecule has 1 unspecified atom stereocenters. The number of aliphatic imine (C=N–C) groups is 2. The van der Waals surface area contributed by atoms with E-state index in [1.54, 1.807) is 31.2 Å². The maximum absolute atomic E-state index is 13.6. The van der Waals surface area contributed by atoms with Crippen molar-refractivity contribution in [2.24, 2.45) is 9.98 Å². The van der Waals surface area contributed by atoms with Gasteiger partial charge in [-0.05, 0) is 60.7 Å². The van der Waals surface area contributed by atoms with Crippen LogP contribution in [0.25, 0.3) is 0 Å². The number of benzene rings is 4. The number of halogens is 2. The minimum absolute atomic E-state index is 0.223. The summed E-state index contributed by atoms with van der Waals surface area (Å²) in [6.07, 6.45) is 1.65. The summed E-state index contributed by atoms with van der Waals surface area (Å²) in [5.41, 5.74) is 3.89. The molecule has 0 amide bonds. The number of aliphatic carboxylic acids is 1. The number of nitrogens with zero attached hydrogens (tertiary/aromatic N) is 3. The predicted octanol–water partition coefficient (Wildman–Crippen LogP) is 5.92. The van der Waals surface area contributed by atoms with Crippen LogP contribution in [0.1, 0.15) is 47.9 Å². The summed E-state index contributed by atoms with van der Waals surface area (Å²) >= 11 is 9.93. The molecule has 5 rings (SSSR count). The molecule has 220 valence electrons. The molecule has 0 spiro atoms. The molecular weight excluding hydrogens is 626 g/mol. The third kappa shape index (κ3) is 7.42. The first-order valence-corrected chi connectivity index (χ1v) is 15.4. The molecule has 6 nitrogen and oxygen atoms in total. The molecule has 4 aromatic carbocycles. The lowest BCUT2D eigenvalue weighted by Crippen LogP contribution is -2.42. The van der Waals surface area contributed by atoms with E-state index in [1.807, 2.05) is 66.7 Å². The van der Waals surface area contributed by atoms with Crippen LogP contribution in [0.2, 0.25) is 5.02 Å². The second kappa shape index (κ2) is 14.1. The Hall–Kier alpha value is -3.78. The average molecular weight is 657 g/mol. The van der Waals surface area contributed by atoms with E-state index in [0.717, 1.165) is 29.4 Å². The van der Waals surface area contributed by atoms with Gasteiger partial charge in [0.25, 0.3) is 0 Å². The fourth-order valence-electron chi connectivity index (χ4n) is 5.51. The molecule has 43 heavy (non-hydrogen) atoms. The van der Waals surface area contributed by atoms with Gasteiger partial charge in [-0.25, -0.2) is 0 Å². The van der Waals surface area contributed by atoms with E-state index in [4.69, 9.17) is 16.6 Å². The van der Waals surface area contributed by atoms with Crippen molar-refractivity contribution < 1.29 is 15.0 Å². The van der Waals surface area contributed by atoms with Crippen molar-refractivity contribution in [1.82, 2.24) is 4.90 Å². The minimum Gasteiger partial charge on any atom is -0.861 e. The Morgan fingerprint density at radius 3 is 2.37 bits per heavy atom. The van der Waals surface area contributed by atoms with Crippen LogP contribution in [0.3, 0.4) is 0 Å². The second-order valence-electron chi connectivity index (χ2n) is 10.6. The van der Waals surface area contributed by atoms with Gasteiger partial charge in [-0.2, -0.15) is 0 Å². The van der Waals surface area contributed by atoms with E-state index in [-0.39, 0.29) is 11.9 Å². The lowest BCUT2D eigenvalue weighted by molar-refractivity contribution is -0.307. The van der Waals surface area contributed by atoms with Crippen LogP contribution in [0, 0.1) is 0 Å². The molecular formula is C35H31BrClN3O3-2. The molecule has 1 aliphatic heterocycles. The highest BCUT2D eigenvalue weighted by Gasteiger charge is 2.26. The first-order valence-electron chi connectivity index (χ1n) is 14.2. The average Bonchev–Trinajstić information content (AvgIpc) is 3.48. The van der Waals surface area contributed by atoms with Gasteiger partial charge in [0.2, 0.25) is 0 Å². The van der Waals surface area contributed by atoms with Crippen molar-refractivity contribution in [2.45, 2.75) is 44.3 Å². The molecule has 0 saturated carbocycles. The van der Waals surface area contributed by atoms with Gasteiger partial charge in [0, 0.05) is 39.1 Å². The first-order chi connectivity index (χ1) is 20.8. The molecule has 1 heterocycles. The fourth-order valence-corrected chi connectivity index (χ4v) is 6.18. The zero-order chi connectivity index (χ0) is 30.3. The number of hydrogen-bond acceptors (Lipinski definition) is 6. The third-order valence-electron chi connectivity index (χ3n) is 7.75. The Labute approximate surface area is 265 Å². The number of hydrogen-bond donors (Lipinski definition) is 0. The monoisotopic (exact) mass is 655 g/mol. The third-order valence-corrected chi connectivity index (χ3v) is 8.58. The molecule has 1 saturated heterocycles. The molecule has 4 aromatic rings. The van der Waals surface area contributed by atoms with Crippen molar-refractivity contribution in [2.75, 3.05) is 6.54 Å². The van der Waals surface area contributed by atoms with Crippen LogP contribution in [0.15, 0.2) is 118 Å². The van der Waals surface area contributed by atoms with Crippen LogP contribution in [0.5, 0.6) is 0 Å². The van der Waals surface area contributed by atoms with Gasteiger partial charge < -0.3 is 15.0 Å². The SMILES string of the molecule is CC(c1cc(Br)ccc1Cl)[C@H](N=C(c1ccccc1)c1ccccc1N=C([O-])[C@@H]1CCCN1Cc1ccccc1)C(=O)[O-]. The number of rotatable bonds is 10. The van der Waals surface area contributed by atoms with Crippen LogP contribution >= 0.6 is 27.5 Å². The van der Waals surface area contributed by atoms with Crippen LogP contribution < -0.4 is 10.2 Å². The van der Waals surface area contributed by atoms with E-state index in [2.05, 4.69) is 38.0 Å². The largest absolute Gasteiger partial charge is 0.861 e. The predicted molar refractivity (Wildman–Crippen MR) is 172 cm³/mol. The summed E-state index contributed by atoms with van der Waals surface area (Å²) in [6, 6.07) is 30.4. The van der Waals surface area contributed by atoms with E-state index in [9.17, 15) is 15.0 Å². The summed E-state index contributed by atoms with van der Waals surface area (Å²) in [5, 5.41) is 26.7. The molecule has 0 radical (unpaired) electrons. The van der Waals surface area contributed by atoms with Crippen LogP contribution in [-0.4, -0.2) is 41.1 Å². The maximum atomic E-state index is 13.6. The molecule has 3 atom stereocenters. The molecule has 1 fully saturated rings. The second-order valence-corrected chi connectivity index (χ2v) is 12.0. The van der Waals surface area contributed by atoms with Gasteiger partial charge in [-0.1, -0.05) is 113 Å². The summed E-state index contributed by atoms with van der Waals surface area (Å²) in [4.78, 5) is 24.2. The maximum Gasteiger partial charge on any atom is 0.0966 e. The molecule has 0 N–H and O–H groups in total. The normalized spacial score (nSPS) is 17.5. The highest BCUT2D eigenvalue weighted by molar-refractivity contribution is 9.10. The number of carboxylic acids is 1. The van der Waals surface area contributed by atoms with Crippen LogP contribution in [0.4, 0.5) is 5.69 Å². The fraction of sp³-hybridized carbons (Fsp3) is 0.229. The van der Waals surface area contributed by atoms with E-state index < -0.39 is 17.9 Å². The smallest absolute Gasteiger partial charge is 0.0966 e. The Kier molecular flexibility index (Phi) is 10.1. The van der Waals surface area contributed by atoms with Crippen molar-refractivity contribution in [3.05, 3.63) is 135 Å². The van der Waals surface area contributed by atoms with Gasteiger partial charge in [-0.3, -0.25) is 14.9 Å². The number of carboxylic acid groups (broad SMARTS) is 1. The van der Waals surface area contributed by atoms with Crippen LogP contribution in [-0.2, 0) is 11.3 Å². The van der Waals surface area contributed by atoms with Crippen molar-refractivity contribution in [3.63, 3.8) is 0 Å².